The highest BCUT2D eigenvalue weighted by Crippen LogP contribution is 2.32. The van der Waals surface area contributed by atoms with E-state index in [1.807, 2.05) is 84.4 Å². The summed E-state index contributed by atoms with van der Waals surface area (Å²) in [5.41, 5.74) is 5.05. The average molecular weight is 666 g/mol. The summed E-state index contributed by atoms with van der Waals surface area (Å²) in [6, 6.07) is 6.23. The second kappa shape index (κ2) is 14.1. The average Bonchev–Trinajstić information content (AvgIpc) is 3.76. The maximum atomic E-state index is 14.1. The van der Waals surface area contributed by atoms with Crippen LogP contribution in [0.5, 0.6) is 0 Å². The fraction of sp³-hybridized carbons (Fsp3) is 0.588. The van der Waals surface area contributed by atoms with Crippen LogP contribution < -0.4 is 5.32 Å². The molecule has 0 radical (unpaired) electrons. The standard InChI is InChI=1S/C34H47N7O5S/c1-20(2)29(41-18-27(37-38-41)24-12-14-39(15-13-24)33(45)46-34(5,6)7)32(44)40-17-26(42)16-28(40)31(43)36-21(3)23-8-10-25(11-9-23)30-22(4)35-19-47-30/h8-11,18-21,24,26,28-29,42H,12-17H2,1-7H3,(H,36,43)/t21-,26+,28-,29-/m0/s1. The molecule has 2 aromatic heterocycles. The van der Waals surface area contributed by atoms with E-state index in [4.69, 9.17) is 4.74 Å². The van der Waals surface area contributed by atoms with Crippen LogP contribution in [0.3, 0.4) is 0 Å². The van der Waals surface area contributed by atoms with Crippen molar-refractivity contribution in [3.05, 3.63) is 52.9 Å². The summed E-state index contributed by atoms with van der Waals surface area (Å²) in [5, 5.41) is 22.5. The number of aryl methyl sites for hydroxylation is 1. The molecular formula is C34H47N7O5S. The van der Waals surface area contributed by atoms with Crippen molar-refractivity contribution in [2.75, 3.05) is 19.6 Å². The van der Waals surface area contributed by atoms with Gasteiger partial charge in [0.15, 0.2) is 0 Å². The van der Waals surface area contributed by atoms with Gasteiger partial charge in [-0.3, -0.25) is 9.59 Å². The molecule has 1 aromatic carbocycles. The number of nitrogens with zero attached hydrogens (tertiary/aromatic N) is 6. The molecule has 2 aliphatic rings. The van der Waals surface area contributed by atoms with E-state index in [0.29, 0.717) is 25.9 Å². The van der Waals surface area contributed by atoms with Gasteiger partial charge in [-0.25, -0.2) is 14.5 Å². The highest BCUT2D eigenvalue weighted by atomic mass is 32.1. The van der Waals surface area contributed by atoms with E-state index in [1.165, 1.54) is 4.90 Å². The molecule has 0 bridgehead atoms. The lowest BCUT2D eigenvalue weighted by atomic mass is 9.94. The monoisotopic (exact) mass is 665 g/mol. The topological polar surface area (TPSA) is 143 Å². The SMILES string of the molecule is Cc1ncsc1-c1ccc([C@H](C)NC(=O)[C@@H]2C[C@@H](O)CN2C(=O)[C@H](C(C)C)n2cc(C3CCN(C(=O)OC(C)(C)C)CC3)nn2)cc1. The molecule has 13 heteroatoms. The molecule has 3 aromatic rings. The van der Waals surface area contributed by atoms with Crippen LogP contribution in [0.4, 0.5) is 4.79 Å². The van der Waals surface area contributed by atoms with E-state index in [2.05, 4.69) is 20.6 Å². The van der Waals surface area contributed by atoms with E-state index in [-0.39, 0.29) is 48.8 Å². The molecule has 2 saturated heterocycles. The number of benzene rings is 1. The number of carbonyl (C=O) groups is 3. The number of hydrogen-bond acceptors (Lipinski definition) is 9. The summed E-state index contributed by atoms with van der Waals surface area (Å²) in [6.45, 7) is 14.5. The third kappa shape index (κ3) is 8.01. The molecule has 2 fully saturated rings. The van der Waals surface area contributed by atoms with Crippen molar-refractivity contribution in [2.45, 2.75) is 103 Å². The van der Waals surface area contributed by atoms with Crippen LogP contribution in [0.15, 0.2) is 36.0 Å². The van der Waals surface area contributed by atoms with Gasteiger partial charge in [-0.05, 0) is 64.5 Å². The number of likely N-dealkylation sites (tertiary alicyclic amines) is 2. The van der Waals surface area contributed by atoms with Crippen LogP contribution >= 0.6 is 11.3 Å². The Kier molecular flexibility index (Phi) is 10.4. The first-order chi connectivity index (χ1) is 22.2. The number of amides is 3. The molecule has 4 heterocycles. The summed E-state index contributed by atoms with van der Waals surface area (Å²) < 4.78 is 7.11. The van der Waals surface area contributed by atoms with E-state index >= 15 is 0 Å². The smallest absolute Gasteiger partial charge is 0.410 e. The molecule has 254 valence electrons. The molecule has 2 N–H and O–H groups in total. The van der Waals surface area contributed by atoms with Crippen molar-refractivity contribution in [1.29, 1.82) is 0 Å². The number of carbonyl (C=O) groups excluding carboxylic acids is 3. The van der Waals surface area contributed by atoms with Crippen molar-refractivity contribution >= 4 is 29.2 Å². The molecule has 0 saturated carbocycles. The van der Waals surface area contributed by atoms with Crippen LogP contribution in [-0.2, 0) is 14.3 Å². The minimum Gasteiger partial charge on any atom is -0.444 e. The van der Waals surface area contributed by atoms with Gasteiger partial charge in [-0.1, -0.05) is 43.3 Å². The first-order valence-electron chi connectivity index (χ1n) is 16.4. The molecular weight excluding hydrogens is 618 g/mol. The minimum absolute atomic E-state index is 0.0715. The first-order valence-corrected chi connectivity index (χ1v) is 17.3. The van der Waals surface area contributed by atoms with Crippen molar-refractivity contribution in [1.82, 2.24) is 35.1 Å². The number of hydrogen-bond donors (Lipinski definition) is 2. The quantitative estimate of drug-likeness (QED) is 0.348. The Hall–Kier alpha value is -3.84. The molecule has 0 unspecified atom stereocenters. The Bertz CT molecular complexity index is 1550. The second-order valence-corrected chi connectivity index (χ2v) is 14.9. The zero-order valence-corrected chi connectivity index (χ0v) is 29.2. The number of piperidine rings is 1. The number of aromatic nitrogens is 4. The highest BCUT2D eigenvalue weighted by molar-refractivity contribution is 7.13. The first kappa shape index (κ1) is 34.5. The van der Waals surface area contributed by atoms with Crippen LogP contribution in [0, 0.1) is 12.8 Å². The summed E-state index contributed by atoms with van der Waals surface area (Å²) >= 11 is 1.59. The van der Waals surface area contributed by atoms with Gasteiger partial charge < -0.3 is 25.0 Å². The van der Waals surface area contributed by atoms with Gasteiger partial charge in [0.05, 0.1) is 33.9 Å². The van der Waals surface area contributed by atoms with Gasteiger partial charge in [-0.15, -0.1) is 16.4 Å². The molecule has 47 heavy (non-hydrogen) atoms. The summed E-state index contributed by atoms with van der Waals surface area (Å²) in [7, 11) is 0. The Morgan fingerprint density at radius 2 is 1.77 bits per heavy atom. The third-order valence-corrected chi connectivity index (χ3v) is 9.88. The van der Waals surface area contributed by atoms with Crippen LogP contribution in [0.1, 0.15) is 95.8 Å². The van der Waals surface area contributed by atoms with Gasteiger partial charge in [-0.2, -0.15) is 0 Å². The zero-order valence-electron chi connectivity index (χ0n) is 28.3. The van der Waals surface area contributed by atoms with Crippen molar-refractivity contribution < 1.29 is 24.2 Å². The van der Waals surface area contributed by atoms with Gasteiger partial charge in [0, 0.05) is 38.2 Å². The van der Waals surface area contributed by atoms with E-state index in [9.17, 15) is 19.5 Å². The lowest BCUT2D eigenvalue weighted by Crippen LogP contribution is -2.49. The Labute approximate surface area is 280 Å². The normalized spacial score (nSPS) is 20.4. The number of nitrogens with one attached hydrogen (secondary N) is 1. The second-order valence-electron chi connectivity index (χ2n) is 14.1. The van der Waals surface area contributed by atoms with Gasteiger partial charge in [0.2, 0.25) is 11.8 Å². The van der Waals surface area contributed by atoms with E-state index in [1.54, 1.807) is 20.9 Å². The Balaban J connectivity index is 1.23. The highest BCUT2D eigenvalue weighted by Gasteiger charge is 2.43. The van der Waals surface area contributed by atoms with Crippen LogP contribution in [-0.4, -0.2) is 90.2 Å². The largest absolute Gasteiger partial charge is 0.444 e. The van der Waals surface area contributed by atoms with Crippen molar-refractivity contribution in [2.24, 2.45) is 5.92 Å². The Morgan fingerprint density at radius 3 is 2.36 bits per heavy atom. The number of ether oxygens (including phenoxy) is 1. The van der Waals surface area contributed by atoms with Gasteiger partial charge in [0.25, 0.3) is 0 Å². The predicted molar refractivity (Wildman–Crippen MR) is 179 cm³/mol. The summed E-state index contributed by atoms with van der Waals surface area (Å²) in [5.74, 6) is -0.626. The number of rotatable bonds is 8. The molecule has 0 spiro atoms. The number of β-amino-alcohol motifs (C(OH)–C–C–N with tert-alkyl or cyclic N) is 1. The van der Waals surface area contributed by atoms with E-state index in [0.717, 1.165) is 27.4 Å². The minimum atomic E-state index is -0.805. The van der Waals surface area contributed by atoms with E-state index < -0.39 is 23.8 Å². The molecule has 2 aliphatic heterocycles. The maximum Gasteiger partial charge on any atom is 0.410 e. The number of aliphatic hydroxyl groups is 1. The third-order valence-electron chi connectivity index (χ3n) is 8.90. The van der Waals surface area contributed by atoms with Crippen molar-refractivity contribution in [3.63, 3.8) is 0 Å². The van der Waals surface area contributed by atoms with Gasteiger partial charge >= 0.3 is 6.09 Å². The lowest BCUT2D eigenvalue weighted by molar-refractivity contribution is -0.142. The maximum absolute atomic E-state index is 14.1. The summed E-state index contributed by atoms with van der Waals surface area (Å²) in [4.78, 5) is 48.8. The fourth-order valence-electron chi connectivity index (χ4n) is 6.37. The molecule has 4 atom stereocenters. The lowest BCUT2D eigenvalue weighted by Gasteiger charge is -2.32. The van der Waals surface area contributed by atoms with Crippen LogP contribution in [0.25, 0.3) is 10.4 Å². The van der Waals surface area contributed by atoms with Gasteiger partial charge in [0.1, 0.15) is 17.7 Å². The number of aliphatic hydroxyl groups excluding tert-OH is 1. The molecule has 3 amide bonds. The molecule has 5 rings (SSSR count). The van der Waals surface area contributed by atoms with Crippen LogP contribution in [0.2, 0.25) is 0 Å². The molecule has 12 nitrogen and oxygen atoms in total. The molecule has 0 aliphatic carbocycles. The zero-order chi connectivity index (χ0) is 34.0. The summed E-state index contributed by atoms with van der Waals surface area (Å²) in [6.07, 6.45) is 2.29. The predicted octanol–water partition coefficient (Wildman–Crippen LogP) is 4.86. The number of thiazole rings is 1. The van der Waals surface area contributed by atoms with Crippen molar-refractivity contribution in [3.8, 4) is 10.4 Å². The fourth-order valence-corrected chi connectivity index (χ4v) is 7.18. The Morgan fingerprint density at radius 1 is 1.09 bits per heavy atom.